The molecule has 2 saturated heterocycles. The summed E-state index contributed by atoms with van der Waals surface area (Å²) in [6.07, 6.45) is 1.65. The van der Waals surface area contributed by atoms with Crippen LogP contribution in [0.3, 0.4) is 0 Å². The Labute approximate surface area is 211 Å². The van der Waals surface area contributed by atoms with Crippen molar-refractivity contribution in [3.05, 3.63) is 42.5 Å². The van der Waals surface area contributed by atoms with Gasteiger partial charge in [0.05, 0.1) is 43.2 Å². The van der Waals surface area contributed by atoms with Gasteiger partial charge < -0.3 is 24.8 Å². The van der Waals surface area contributed by atoms with Crippen LogP contribution in [-0.2, 0) is 9.53 Å². The number of halogens is 1. The van der Waals surface area contributed by atoms with Gasteiger partial charge in [0.25, 0.3) is 5.91 Å². The predicted octanol–water partition coefficient (Wildman–Crippen LogP) is 1.62. The number of piperidine rings is 1. The van der Waals surface area contributed by atoms with Crippen molar-refractivity contribution in [3.63, 3.8) is 0 Å². The number of anilines is 2. The number of aliphatic hydroxyl groups excluding tert-OH is 1. The first-order valence-corrected chi connectivity index (χ1v) is 11.8. The molecular formula is C24H25FN8O4. The van der Waals surface area contributed by atoms with Gasteiger partial charge in [-0.1, -0.05) is 0 Å². The van der Waals surface area contributed by atoms with Gasteiger partial charge >= 0.3 is 0 Å². The maximum Gasteiger partial charge on any atom is 0.251 e. The number of nitrogens with zero attached hydrogens (tertiary/aromatic N) is 7. The molecule has 2 aromatic heterocycles. The largest absolute Gasteiger partial charge is 0.486 e. The lowest BCUT2D eigenvalue weighted by atomic mass is 10.0. The molecule has 4 heterocycles. The summed E-state index contributed by atoms with van der Waals surface area (Å²) in [6.45, 7) is 2.69. The van der Waals surface area contributed by atoms with Gasteiger partial charge in [-0.15, -0.1) is 0 Å². The van der Waals surface area contributed by atoms with Gasteiger partial charge in [-0.3, -0.25) is 9.48 Å². The van der Waals surface area contributed by atoms with Gasteiger partial charge in [-0.05, 0) is 25.1 Å². The molecule has 12 nitrogen and oxygen atoms in total. The third-order valence-electron chi connectivity index (χ3n) is 6.21. The van der Waals surface area contributed by atoms with Crippen LogP contribution in [0.1, 0.15) is 24.9 Å². The van der Waals surface area contributed by atoms with E-state index in [4.69, 9.17) is 9.47 Å². The first kappa shape index (κ1) is 24.5. The van der Waals surface area contributed by atoms with Crippen LogP contribution < -0.4 is 10.1 Å². The molecule has 3 atom stereocenters. The molecule has 1 amide bonds. The number of likely N-dealkylation sites (tertiary alicyclic amines) is 1. The molecule has 2 N–H and O–H groups in total. The standard InChI is InChI=1S/C24H25FN8O4/c1-14(34)23(35)32-5-4-21(19(25)10-32)37-20-3-2-15(6-16(20)7-26)22-27-13-28-24(31-22)30-17-8-29-33(9-17)18-11-36-12-18/h2-3,6,8-9,13-14,18-19,21,34H,4-5,10-12H2,1H3,(H,27,28,30,31)/t14-,19-,21-/m0/s1. The number of aliphatic hydroxyl groups is 1. The Morgan fingerprint density at radius 1 is 1.38 bits per heavy atom. The van der Waals surface area contributed by atoms with Crippen molar-refractivity contribution in [3.8, 4) is 23.2 Å². The number of alkyl halides is 1. The van der Waals surface area contributed by atoms with E-state index in [-0.39, 0.29) is 36.9 Å². The summed E-state index contributed by atoms with van der Waals surface area (Å²) in [6, 6.07) is 7.14. The van der Waals surface area contributed by atoms with Crippen molar-refractivity contribution >= 4 is 17.5 Å². The minimum Gasteiger partial charge on any atom is -0.486 e. The van der Waals surface area contributed by atoms with Gasteiger partial charge in [-0.25, -0.2) is 14.4 Å². The maximum atomic E-state index is 14.8. The number of benzene rings is 1. The highest BCUT2D eigenvalue weighted by molar-refractivity contribution is 5.80. The smallest absolute Gasteiger partial charge is 0.251 e. The lowest BCUT2D eigenvalue weighted by Gasteiger charge is -2.35. The molecule has 5 rings (SSSR count). The van der Waals surface area contributed by atoms with Crippen molar-refractivity contribution in [1.29, 1.82) is 5.26 Å². The Balaban J connectivity index is 1.27. The fourth-order valence-electron chi connectivity index (χ4n) is 4.11. The second-order valence-electron chi connectivity index (χ2n) is 8.90. The van der Waals surface area contributed by atoms with E-state index in [0.717, 1.165) is 0 Å². The van der Waals surface area contributed by atoms with Gasteiger partial charge in [0.1, 0.15) is 30.4 Å². The van der Waals surface area contributed by atoms with Gasteiger partial charge in [0.15, 0.2) is 12.0 Å². The molecule has 2 aliphatic heterocycles. The van der Waals surface area contributed by atoms with Crippen LogP contribution in [0.15, 0.2) is 36.9 Å². The van der Waals surface area contributed by atoms with Crippen LogP contribution in [0, 0.1) is 11.3 Å². The minimum absolute atomic E-state index is 0.178. The highest BCUT2D eigenvalue weighted by atomic mass is 19.1. The van der Waals surface area contributed by atoms with E-state index in [2.05, 4.69) is 31.4 Å². The molecule has 2 aliphatic rings. The number of rotatable bonds is 7. The van der Waals surface area contributed by atoms with Crippen molar-refractivity contribution in [1.82, 2.24) is 29.6 Å². The van der Waals surface area contributed by atoms with E-state index < -0.39 is 24.3 Å². The van der Waals surface area contributed by atoms with Crippen molar-refractivity contribution in [2.24, 2.45) is 0 Å². The topological polar surface area (TPSA) is 151 Å². The summed E-state index contributed by atoms with van der Waals surface area (Å²) in [5.41, 5.74) is 1.48. The predicted molar refractivity (Wildman–Crippen MR) is 128 cm³/mol. The lowest BCUT2D eigenvalue weighted by molar-refractivity contribution is -0.143. The van der Waals surface area contributed by atoms with Gasteiger partial charge in [0.2, 0.25) is 5.95 Å². The Bertz CT molecular complexity index is 1320. The second-order valence-corrected chi connectivity index (χ2v) is 8.90. The number of ether oxygens (including phenoxy) is 2. The Kier molecular flexibility index (Phi) is 6.93. The van der Waals surface area contributed by atoms with E-state index in [1.54, 1.807) is 24.4 Å². The molecule has 0 aliphatic carbocycles. The summed E-state index contributed by atoms with van der Waals surface area (Å²) < 4.78 is 27.6. The summed E-state index contributed by atoms with van der Waals surface area (Å²) in [7, 11) is 0. The number of carbonyl (C=O) groups is 1. The Morgan fingerprint density at radius 3 is 2.92 bits per heavy atom. The van der Waals surface area contributed by atoms with E-state index in [9.17, 15) is 19.6 Å². The van der Waals surface area contributed by atoms with Gasteiger partial charge in [0, 0.05) is 24.7 Å². The third kappa shape index (κ3) is 5.35. The van der Waals surface area contributed by atoms with Crippen LogP contribution >= 0.6 is 0 Å². The summed E-state index contributed by atoms with van der Waals surface area (Å²) >= 11 is 0. The number of carbonyl (C=O) groups excluding carboxylic acids is 1. The van der Waals surface area contributed by atoms with E-state index >= 15 is 0 Å². The van der Waals surface area contributed by atoms with Crippen LogP contribution in [0.2, 0.25) is 0 Å². The monoisotopic (exact) mass is 508 g/mol. The molecule has 0 saturated carbocycles. The third-order valence-corrected chi connectivity index (χ3v) is 6.21. The normalized spacial score (nSPS) is 20.5. The number of nitrogens with one attached hydrogen (secondary N) is 1. The highest BCUT2D eigenvalue weighted by Crippen LogP contribution is 2.28. The molecule has 0 radical (unpaired) electrons. The molecule has 192 valence electrons. The number of amides is 1. The van der Waals surface area contributed by atoms with E-state index in [0.29, 0.717) is 36.2 Å². The summed E-state index contributed by atoms with van der Waals surface area (Å²) in [5.74, 6) is 0.367. The van der Waals surface area contributed by atoms with Crippen LogP contribution in [0.25, 0.3) is 11.4 Å². The average molecular weight is 509 g/mol. The quantitative estimate of drug-likeness (QED) is 0.482. The molecule has 0 unspecified atom stereocenters. The molecule has 37 heavy (non-hydrogen) atoms. The first-order valence-electron chi connectivity index (χ1n) is 11.8. The molecule has 0 spiro atoms. The zero-order chi connectivity index (χ0) is 25.9. The SMILES string of the molecule is C[C@H](O)C(=O)N1CC[C@H](Oc2ccc(-c3ncnc(Nc4cnn(C5COC5)c4)n3)cc2C#N)[C@@H](F)C1. The summed E-state index contributed by atoms with van der Waals surface area (Å²) in [5, 5.41) is 26.6. The lowest BCUT2D eigenvalue weighted by Crippen LogP contribution is -2.51. The van der Waals surface area contributed by atoms with Crippen LogP contribution in [-0.4, -0.2) is 85.3 Å². The molecule has 2 fully saturated rings. The fourth-order valence-corrected chi connectivity index (χ4v) is 4.11. The van der Waals surface area contributed by atoms with Crippen molar-refractivity contribution in [2.75, 3.05) is 31.6 Å². The number of hydrogen-bond acceptors (Lipinski definition) is 10. The van der Waals surface area contributed by atoms with E-state index in [1.807, 2.05) is 10.9 Å². The second kappa shape index (κ2) is 10.5. The number of hydrogen-bond donors (Lipinski definition) is 2. The molecule has 3 aromatic rings. The fraction of sp³-hybridized carbons (Fsp3) is 0.417. The van der Waals surface area contributed by atoms with Gasteiger partial charge in [-0.2, -0.15) is 15.3 Å². The maximum absolute atomic E-state index is 14.8. The summed E-state index contributed by atoms with van der Waals surface area (Å²) in [4.78, 5) is 26.0. The molecular weight excluding hydrogens is 483 g/mol. The van der Waals surface area contributed by atoms with Crippen LogP contribution in [0.4, 0.5) is 16.0 Å². The number of nitriles is 1. The molecule has 1 aromatic carbocycles. The van der Waals surface area contributed by atoms with Crippen molar-refractivity contribution in [2.45, 2.75) is 37.8 Å². The average Bonchev–Trinajstić information content (AvgIpc) is 3.31. The highest BCUT2D eigenvalue weighted by Gasteiger charge is 2.34. The molecule has 13 heteroatoms. The van der Waals surface area contributed by atoms with E-state index in [1.165, 1.54) is 18.2 Å². The Hall–Kier alpha value is -4.15. The first-order chi connectivity index (χ1) is 17.9. The zero-order valence-corrected chi connectivity index (χ0v) is 20.0. The Morgan fingerprint density at radius 2 is 2.22 bits per heavy atom. The van der Waals surface area contributed by atoms with Crippen LogP contribution in [0.5, 0.6) is 5.75 Å². The zero-order valence-electron chi connectivity index (χ0n) is 20.0. The minimum atomic E-state index is -1.46. The van der Waals surface area contributed by atoms with Crippen molar-refractivity contribution < 1.29 is 23.8 Å². The molecule has 0 bridgehead atoms. The number of aromatic nitrogens is 5.